The summed E-state index contributed by atoms with van der Waals surface area (Å²) >= 11 is 0. The quantitative estimate of drug-likeness (QED) is 0.621. The van der Waals surface area contributed by atoms with Crippen molar-refractivity contribution in [3.8, 4) is 5.75 Å². The zero-order valence-electron chi connectivity index (χ0n) is 13.8. The van der Waals surface area contributed by atoms with Gasteiger partial charge in [-0.2, -0.15) is 0 Å². The van der Waals surface area contributed by atoms with Crippen molar-refractivity contribution in [1.82, 2.24) is 0 Å². The molecule has 0 saturated heterocycles. The van der Waals surface area contributed by atoms with Crippen LogP contribution in [0.2, 0.25) is 0 Å². The minimum absolute atomic E-state index is 0.279. The number of nitrogens with one attached hydrogen (secondary N) is 1. The smallest absolute Gasteiger partial charge is 0.119 e. The van der Waals surface area contributed by atoms with Crippen molar-refractivity contribution in [1.29, 1.82) is 0 Å². The van der Waals surface area contributed by atoms with E-state index in [9.17, 15) is 0 Å². The number of hydrogen-bond acceptors (Lipinski definition) is 2. The Bertz CT molecular complexity index is 776. The zero-order chi connectivity index (χ0) is 16.1. The van der Waals surface area contributed by atoms with Crippen LogP contribution >= 0.6 is 0 Å². The summed E-state index contributed by atoms with van der Waals surface area (Å²) in [5.41, 5.74) is 2.45. The molecule has 23 heavy (non-hydrogen) atoms. The molecule has 0 spiro atoms. The molecular weight excluding hydrogens is 282 g/mol. The Morgan fingerprint density at radius 3 is 2.57 bits per heavy atom. The molecule has 0 saturated carbocycles. The monoisotopic (exact) mass is 305 g/mol. The highest BCUT2D eigenvalue weighted by molar-refractivity contribution is 5.93. The van der Waals surface area contributed by atoms with Gasteiger partial charge in [0.05, 0.1) is 13.2 Å². The number of anilines is 1. The van der Waals surface area contributed by atoms with E-state index in [2.05, 4.69) is 72.9 Å². The maximum absolute atomic E-state index is 5.38. The van der Waals surface area contributed by atoms with E-state index < -0.39 is 0 Å². The standard InChI is InChI=1S/C21H23NO/c1-3-8-20(17-11-6-12-18(15-17)23-2)22-21-14-7-10-16-9-4-5-13-19(16)21/h4-7,9-15,20,22H,3,8H2,1-2H3. The average molecular weight is 305 g/mol. The summed E-state index contributed by atoms with van der Waals surface area (Å²) in [5, 5.41) is 6.26. The van der Waals surface area contributed by atoms with Crippen molar-refractivity contribution >= 4 is 16.5 Å². The normalized spacial score (nSPS) is 12.1. The summed E-state index contributed by atoms with van der Waals surface area (Å²) < 4.78 is 5.38. The molecule has 3 aromatic rings. The Kier molecular flexibility index (Phi) is 4.82. The predicted molar refractivity (Wildman–Crippen MR) is 98.2 cm³/mol. The van der Waals surface area contributed by atoms with Gasteiger partial charge in [0.2, 0.25) is 0 Å². The first-order valence-corrected chi connectivity index (χ1v) is 8.20. The fourth-order valence-corrected chi connectivity index (χ4v) is 3.01. The summed E-state index contributed by atoms with van der Waals surface area (Å²) in [4.78, 5) is 0. The molecule has 0 bridgehead atoms. The third-order valence-corrected chi connectivity index (χ3v) is 4.19. The molecule has 3 aromatic carbocycles. The molecule has 1 unspecified atom stereocenters. The molecular formula is C21H23NO. The maximum Gasteiger partial charge on any atom is 0.119 e. The van der Waals surface area contributed by atoms with E-state index in [1.807, 2.05) is 6.07 Å². The first kappa shape index (κ1) is 15.4. The van der Waals surface area contributed by atoms with Gasteiger partial charge in [-0.3, -0.25) is 0 Å². The lowest BCUT2D eigenvalue weighted by Crippen LogP contribution is -2.11. The number of ether oxygens (including phenoxy) is 1. The van der Waals surface area contributed by atoms with Gasteiger partial charge < -0.3 is 10.1 Å². The number of methoxy groups -OCH3 is 1. The molecule has 0 fully saturated rings. The summed E-state index contributed by atoms with van der Waals surface area (Å²) in [6.07, 6.45) is 2.20. The second-order valence-electron chi connectivity index (χ2n) is 5.79. The van der Waals surface area contributed by atoms with Crippen LogP contribution in [0.3, 0.4) is 0 Å². The molecule has 0 amide bonds. The first-order chi connectivity index (χ1) is 11.3. The SMILES string of the molecule is CCCC(Nc1cccc2ccccc12)c1cccc(OC)c1. The lowest BCUT2D eigenvalue weighted by molar-refractivity contribution is 0.414. The predicted octanol–water partition coefficient (Wildman–Crippen LogP) is 5.80. The zero-order valence-corrected chi connectivity index (χ0v) is 13.8. The number of benzene rings is 3. The fourth-order valence-electron chi connectivity index (χ4n) is 3.01. The van der Waals surface area contributed by atoms with E-state index in [4.69, 9.17) is 4.74 Å². The molecule has 0 aromatic heterocycles. The van der Waals surface area contributed by atoms with Gasteiger partial charge >= 0.3 is 0 Å². The van der Waals surface area contributed by atoms with Crippen molar-refractivity contribution < 1.29 is 4.74 Å². The van der Waals surface area contributed by atoms with E-state index in [-0.39, 0.29) is 6.04 Å². The van der Waals surface area contributed by atoms with Gasteiger partial charge in [-0.15, -0.1) is 0 Å². The second kappa shape index (κ2) is 7.19. The molecule has 118 valence electrons. The van der Waals surface area contributed by atoms with Crippen LogP contribution in [0.25, 0.3) is 10.8 Å². The van der Waals surface area contributed by atoms with Crippen molar-refractivity contribution in [2.75, 3.05) is 12.4 Å². The Labute approximate surface area is 138 Å². The summed E-state index contributed by atoms with van der Waals surface area (Å²) in [6, 6.07) is 23.5. The van der Waals surface area contributed by atoms with Crippen LogP contribution in [-0.4, -0.2) is 7.11 Å². The summed E-state index contributed by atoms with van der Waals surface area (Å²) in [7, 11) is 1.71. The van der Waals surface area contributed by atoms with Crippen molar-refractivity contribution in [3.63, 3.8) is 0 Å². The third kappa shape index (κ3) is 3.48. The highest BCUT2D eigenvalue weighted by Gasteiger charge is 2.12. The minimum Gasteiger partial charge on any atom is -0.497 e. The highest BCUT2D eigenvalue weighted by atomic mass is 16.5. The molecule has 0 aliphatic carbocycles. The van der Waals surface area contributed by atoms with Crippen molar-refractivity contribution in [2.45, 2.75) is 25.8 Å². The highest BCUT2D eigenvalue weighted by Crippen LogP contribution is 2.30. The van der Waals surface area contributed by atoms with Crippen LogP contribution in [-0.2, 0) is 0 Å². The van der Waals surface area contributed by atoms with E-state index in [0.29, 0.717) is 0 Å². The molecule has 1 N–H and O–H groups in total. The molecule has 2 heteroatoms. The Balaban J connectivity index is 1.95. The molecule has 0 heterocycles. The van der Waals surface area contributed by atoms with Gasteiger partial charge in [-0.1, -0.05) is 61.9 Å². The number of fused-ring (bicyclic) bond motifs is 1. The van der Waals surface area contributed by atoms with E-state index in [0.717, 1.165) is 18.6 Å². The Hall–Kier alpha value is -2.48. The number of hydrogen-bond donors (Lipinski definition) is 1. The molecule has 2 nitrogen and oxygen atoms in total. The molecule has 1 atom stereocenters. The van der Waals surface area contributed by atoms with Gasteiger partial charge in [0.1, 0.15) is 5.75 Å². The van der Waals surface area contributed by atoms with E-state index in [1.54, 1.807) is 7.11 Å². The molecule has 0 radical (unpaired) electrons. The van der Waals surface area contributed by atoms with Gasteiger partial charge in [0, 0.05) is 11.1 Å². The largest absolute Gasteiger partial charge is 0.497 e. The summed E-state index contributed by atoms with van der Waals surface area (Å²) in [6.45, 7) is 2.22. The van der Waals surface area contributed by atoms with Crippen LogP contribution in [0, 0.1) is 0 Å². The molecule has 0 aliphatic rings. The summed E-state index contributed by atoms with van der Waals surface area (Å²) in [5.74, 6) is 0.906. The van der Waals surface area contributed by atoms with Crippen molar-refractivity contribution in [2.24, 2.45) is 0 Å². The lowest BCUT2D eigenvalue weighted by atomic mass is 10.0. The van der Waals surface area contributed by atoms with Crippen LogP contribution in [0.5, 0.6) is 5.75 Å². The topological polar surface area (TPSA) is 21.3 Å². The van der Waals surface area contributed by atoms with E-state index in [1.165, 1.54) is 22.0 Å². The van der Waals surface area contributed by atoms with Gasteiger partial charge in [0.25, 0.3) is 0 Å². The maximum atomic E-state index is 5.38. The van der Waals surface area contributed by atoms with Crippen LogP contribution in [0.4, 0.5) is 5.69 Å². The lowest BCUT2D eigenvalue weighted by Gasteiger charge is -2.21. The average Bonchev–Trinajstić information content (AvgIpc) is 2.61. The van der Waals surface area contributed by atoms with E-state index >= 15 is 0 Å². The van der Waals surface area contributed by atoms with Gasteiger partial charge in [0.15, 0.2) is 0 Å². The minimum atomic E-state index is 0.279. The Morgan fingerprint density at radius 2 is 1.74 bits per heavy atom. The molecule has 3 rings (SSSR count). The first-order valence-electron chi connectivity index (χ1n) is 8.20. The fraction of sp³-hybridized carbons (Fsp3) is 0.238. The van der Waals surface area contributed by atoms with Crippen molar-refractivity contribution in [3.05, 3.63) is 72.3 Å². The number of rotatable bonds is 6. The van der Waals surface area contributed by atoms with Crippen LogP contribution < -0.4 is 10.1 Å². The van der Waals surface area contributed by atoms with Crippen LogP contribution in [0.1, 0.15) is 31.4 Å². The van der Waals surface area contributed by atoms with Gasteiger partial charge in [-0.25, -0.2) is 0 Å². The molecule has 0 aliphatic heterocycles. The van der Waals surface area contributed by atoms with Crippen LogP contribution in [0.15, 0.2) is 66.7 Å². The van der Waals surface area contributed by atoms with Gasteiger partial charge in [-0.05, 0) is 35.6 Å². The third-order valence-electron chi connectivity index (χ3n) is 4.19. The Morgan fingerprint density at radius 1 is 0.957 bits per heavy atom. The second-order valence-corrected chi connectivity index (χ2v) is 5.79.